The van der Waals surface area contributed by atoms with Crippen molar-refractivity contribution in [2.45, 2.75) is 13.5 Å². The molecular formula is C15H14ClNO2. The van der Waals surface area contributed by atoms with Crippen molar-refractivity contribution in [2.75, 3.05) is 0 Å². The molecule has 0 saturated carbocycles. The molecule has 98 valence electrons. The third-order valence-corrected chi connectivity index (χ3v) is 3.05. The summed E-state index contributed by atoms with van der Waals surface area (Å²) >= 11 is 5.90. The summed E-state index contributed by atoms with van der Waals surface area (Å²) in [4.78, 5) is 0. The zero-order chi connectivity index (χ0) is 13.7. The van der Waals surface area contributed by atoms with Gasteiger partial charge in [0.15, 0.2) is 0 Å². The SMILES string of the molecule is Cc1ccccc1COc1ccc(Cl)cc1/C=N\O. The molecule has 0 fully saturated rings. The Kier molecular flexibility index (Phi) is 4.42. The predicted octanol–water partition coefficient (Wildman–Crippen LogP) is 4.04. The van der Waals surface area contributed by atoms with Crippen LogP contribution in [0, 0.1) is 6.92 Å². The van der Waals surface area contributed by atoms with Gasteiger partial charge in [-0.3, -0.25) is 0 Å². The lowest BCUT2D eigenvalue weighted by Gasteiger charge is -2.10. The molecule has 3 nitrogen and oxygen atoms in total. The maximum absolute atomic E-state index is 8.64. The van der Waals surface area contributed by atoms with Gasteiger partial charge in [-0.05, 0) is 36.2 Å². The van der Waals surface area contributed by atoms with Gasteiger partial charge in [0.2, 0.25) is 0 Å². The maximum Gasteiger partial charge on any atom is 0.128 e. The molecule has 0 unspecified atom stereocenters. The number of aryl methyl sites for hydroxylation is 1. The highest BCUT2D eigenvalue weighted by molar-refractivity contribution is 6.30. The lowest BCUT2D eigenvalue weighted by atomic mass is 10.1. The van der Waals surface area contributed by atoms with Gasteiger partial charge >= 0.3 is 0 Å². The second-order valence-corrected chi connectivity index (χ2v) is 4.58. The van der Waals surface area contributed by atoms with E-state index in [2.05, 4.69) is 5.16 Å². The van der Waals surface area contributed by atoms with Crippen LogP contribution in [0.4, 0.5) is 0 Å². The van der Waals surface area contributed by atoms with E-state index >= 15 is 0 Å². The summed E-state index contributed by atoms with van der Waals surface area (Å²) in [5, 5.41) is 12.2. The van der Waals surface area contributed by atoms with Gasteiger partial charge in [-0.2, -0.15) is 0 Å². The Bertz CT molecular complexity index is 596. The van der Waals surface area contributed by atoms with Crippen LogP contribution in [0.3, 0.4) is 0 Å². The predicted molar refractivity (Wildman–Crippen MR) is 76.3 cm³/mol. The van der Waals surface area contributed by atoms with Crippen LogP contribution in [0.2, 0.25) is 5.02 Å². The highest BCUT2D eigenvalue weighted by Crippen LogP contribution is 2.23. The van der Waals surface area contributed by atoms with E-state index in [4.69, 9.17) is 21.5 Å². The molecule has 0 saturated heterocycles. The summed E-state index contributed by atoms with van der Waals surface area (Å²) in [5.41, 5.74) is 2.93. The summed E-state index contributed by atoms with van der Waals surface area (Å²) < 4.78 is 5.75. The van der Waals surface area contributed by atoms with Crippen LogP contribution in [0.1, 0.15) is 16.7 Å². The summed E-state index contributed by atoms with van der Waals surface area (Å²) in [6, 6.07) is 13.2. The molecule has 0 atom stereocenters. The van der Waals surface area contributed by atoms with E-state index in [1.54, 1.807) is 18.2 Å². The van der Waals surface area contributed by atoms with Crippen LogP contribution in [0.5, 0.6) is 5.75 Å². The first-order valence-electron chi connectivity index (χ1n) is 5.85. The molecule has 0 amide bonds. The minimum Gasteiger partial charge on any atom is -0.488 e. The quantitative estimate of drug-likeness (QED) is 0.520. The third-order valence-electron chi connectivity index (χ3n) is 2.81. The normalized spacial score (nSPS) is 10.8. The average Bonchev–Trinajstić information content (AvgIpc) is 2.40. The molecule has 0 spiro atoms. The fourth-order valence-corrected chi connectivity index (χ4v) is 1.92. The Morgan fingerprint density at radius 1 is 1.26 bits per heavy atom. The molecule has 0 aromatic heterocycles. The van der Waals surface area contributed by atoms with Gasteiger partial charge in [-0.15, -0.1) is 0 Å². The van der Waals surface area contributed by atoms with E-state index in [-0.39, 0.29) is 0 Å². The van der Waals surface area contributed by atoms with Gasteiger partial charge < -0.3 is 9.94 Å². The van der Waals surface area contributed by atoms with Crippen LogP contribution >= 0.6 is 11.6 Å². The number of rotatable bonds is 4. The Labute approximate surface area is 117 Å². The number of benzene rings is 2. The molecule has 0 radical (unpaired) electrons. The maximum atomic E-state index is 8.64. The summed E-state index contributed by atoms with van der Waals surface area (Å²) in [5.74, 6) is 0.630. The van der Waals surface area contributed by atoms with Crippen molar-refractivity contribution >= 4 is 17.8 Å². The van der Waals surface area contributed by atoms with Crippen molar-refractivity contribution in [2.24, 2.45) is 5.16 Å². The first-order chi connectivity index (χ1) is 9.20. The van der Waals surface area contributed by atoms with Gasteiger partial charge in [0.1, 0.15) is 12.4 Å². The van der Waals surface area contributed by atoms with E-state index in [1.165, 1.54) is 11.8 Å². The van der Waals surface area contributed by atoms with Crippen molar-refractivity contribution in [3.05, 3.63) is 64.2 Å². The van der Waals surface area contributed by atoms with Crippen LogP contribution in [0.15, 0.2) is 47.6 Å². The molecule has 0 aliphatic heterocycles. The Balaban J connectivity index is 2.18. The molecule has 0 heterocycles. The van der Waals surface area contributed by atoms with Gasteiger partial charge in [-0.1, -0.05) is 41.0 Å². The highest BCUT2D eigenvalue weighted by Gasteiger charge is 2.04. The number of ether oxygens (including phenoxy) is 1. The highest BCUT2D eigenvalue weighted by atomic mass is 35.5. The minimum atomic E-state index is 0.459. The smallest absolute Gasteiger partial charge is 0.128 e. The molecule has 2 rings (SSSR count). The topological polar surface area (TPSA) is 41.8 Å². The van der Waals surface area contributed by atoms with Gasteiger partial charge in [0, 0.05) is 10.6 Å². The number of hydrogen-bond donors (Lipinski definition) is 1. The standard InChI is InChI=1S/C15H14ClNO2/c1-11-4-2-3-5-12(11)10-19-15-7-6-14(16)8-13(15)9-17-18/h2-9,18H,10H2,1H3/b17-9-. The summed E-state index contributed by atoms with van der Waals surface area (Å²) in [6.07, 6.45) is 1.30. The first kappa shape index (κ1) is 13.4. The van der Waals surface area contributed by atoms with E-state index in [0.29, 0.717) is 22.9 Å². The molecule has 1 N–H and O–H groups in total. The molecule has 2 aromatic carbocycles. The number of halogens is 1. The van der Waals surface area contributed by atoms with Crippen LogP contribution < -0.4 is 4.74 Å². The molecule has 0 aliphatic rings. The second kappa shape index (κ2) is 6.25. The Morgan fingerprint density at radius 3 is 2.79 bits per heavy atom. The number of oxime groups is 1. The van der Waals surface area contributed by atoms with Crippen LogP contribution in [-0.2, 0) is 6.61 Å². The van der Waals surface area contributed by atoms with Crippen molar-refractivity contribution in [1.29, 1.82) is 0 Å². The molecule has 4 heteroatoms. The zero-order valence-corrected chi connectivity index (χ0v) is 11.3. The molecule has 2 aromatic rings. The summed E-state index contributed by atoms with van der Waals surface area (Å²) in [6.45, 7) is 2.50. The molecular weight excluding hydrogens is 262 g/mol. The van der Waals surface area contributed by atoms with Gasteiger partial charge in [0.25, 0.3) is 0 Å². The van der Waals surface area contributed by atoms with Crippen molar-refractivity contribution in [1.82, 2.24) is 0 Å². The van der Waals surface area contributed by atoms with Crippen molar-refractivity contribution < 1.29 is 9.94 Å². The number of nitrogens with zero attached hydrogens (tertiary/aromatic N) is 1. The monoisotopic (exact) mass is 275 g/mol. The Hall–Kier alpha value is -2.00. The van der Waals surface area contributed by atoms with Crippen molar-refractivity contribution in [3.8, 4) is 5.75 Å². The van der Waals surface area contributed by atoms with Crippen molar-refractivity contribution in [3.63, 3.8) is 0 Å². The molecule has 0 aliphatic carbocycles. The average molecular weight is 276 g/mol. The van der Waals surface area contributed by atoms with Gasteiger partial charge in [0.05, 0.1) is 6.21 Å². The minimum absolute atomic E-state index is 0.459. The molecule has 0 bridgehead atoms. The largest absolute Gasteiger partial charge is 0.488 e. The van der Waals surface area contributed by atoms with Gasteiger partial charge in [-0.25, -0.2) is 0 Å². The number of hydrogen-bond acceptors (Lipinski definition) is 3. The van der Waals surface area contributed by atoms with Crippen LogP contribution in [0.25, 0.3) is 0 Å². The van der Waals surface area contributed by atoms with E-state index in [0.717, 1.165) is 5.56 Å². The Morgan fingerprint density at radius 2 is 2.05 bits per heavy atom. The third kappa shape index (κ3) is 3.48. The fourth-order valence-electron chi connectivity index (χ4n) is 1.74. The van der Waals surface area contributed by atoms with E-state index in [9.17, 15) is 0 Å². The van der Waals surface area contributed by atoms with E-state index < -0.39 is 0 Å². The second-order valence-electron chi connectivity index (χ2n) is 4.14. The van der Waals surface area contributed by atoms with E-state index in [1.807, 2.05) is 31.2 Å². The molecule has 19 heavy (non-hydrogen) atoms. The zero-order valence-electron chi connectivity index (χ0n) is 10.5. The fraction of sp³-hybridized carbons (Fsp3) is 0.133. The lowest BCUT2D eigenvalue weighted by molar-refractivity contribution is 0.303. The summed E-state index contributed by atoms with van der Waals surface area (Å²) in [7, 11) is 0. The van der Waals surface area contributed by atoms with Crippen LogP contribution in [-0.4, -0.2) is 11.4 Å². The lowest BCUT2D eigenvalue weighted by Crippen LogP contribution is -2.00. The first-order valence-corrected chi connectivity index (χ1v) is 6.23.